The van der Waals surface area contributed by atoms with Crippen molar-refractivity contribution in [3.8, 4) is 0 Å². The number of H-pyrrole nitrogens is 1. The second kappa shape index (κ2) is 3.94. The van der Waals surface area contributed by atoms with Gasteiger partial charge in [-0.05, 0) is 25.8 Å². The Morgan fingerprint density at radius 1 is 1.47 bits per heavy atom. The first kappa shape index (κ1) is 9.36. The van der Waals surface area contributed by atoms with E-state index < -0.39 is 0 Å². The molecule has 2 saturated heterocycles. The molecule has 1 aromatic rings. The lowest BCUT2D eigenvalue weighted by Gasteiger charge is -2.20. The third kappa shape index (κ3) is 1.79. The van der Waals surface area contributed by atoms with Gasteiger partial charge in [-0.25, -0.2) is 4.98 Å². The molecule has 2 N–H and O–H groups in total. The molecule has 15 heavy (non-hydrogen) atoms. The van der Waals surface area contributed by atoms with E-state index in [9.17, 15) is 0 Å². The highest BCUT2D eigenvalue weighted by Gasteiger charge is 2.36. The Balaban J connectivity index is 1.55. The Bertz CT molecular complexity index is 308. The SMILES string of the molecule is c1ncc(CNC2CCN3CCCC23)[nH]1. The summed E-state index contributed by atoms with van der Waals surface area (Å²) in [7, 11) is 0. The van der Waals surface area contributed by atoms with E-state index in [1.807, 2.05) is 6.20 Å². The maximum absolute atomic E-state index is 4.03. The maximum Gasteiger partial charge on any atom is 0.0922 e. The zero-order chi connectivity index (χ0) is 10.1. The zero-order valence-electron chi connectivity index (χ0n) is 8.95. The normalized spacial score (nSPS) is 30.9. The smallest absolute Gasteiger partial charge is 0.0922 e. The number of imidazole rings is 1. The molecule has 0 radical (unpaired) electrons. The summed E-state index contributed by atoms with van der Waals surface area (Å²) in [5.41, 5.74) is 1.19. The van der Waals surface area contributed by atoms with Crippen LogP contribution in [0.1, 0.15) is 25.0 Å². The van der Waals surface area contributed by atoms with Gasteiger partial charge in [0.2, 0.25) is 0 Å². The highest BCUT2D eigenvalue weighted by molar-refractivity contribution is 4.99. The van der Waals surface area contributed by atoms with Crippen LogP contribution in [0.25, 0.3) is 0 Å². The lowest BCUT2D eigenvalue weighted by molar-refractivity contribution is 0.298. The summed E-state index contributed by atoms with van der Waals surface area (Å²) in [5.74, 6) is 0. The highest BCUT2D eigenvalue weighted by Crippen LogP contribution is 2.27. The minimum atomic E-state index is 0.691. The minimum Gasteiger partial charge on any atom is -0.347 e. The lowest BCUT2D eigenvalue weighted by atomic mass is 10.1. The summed E-state index contributed by atoms with van der Waals surface area (Å²) in [4.78, 5) is 9.79. The summed E-state index contributed by atoms with van der Waals surface area (Å²) in [6.45, 7) is 3.52. The molecule has 1 aromatic heterocycles. The van der Waals surface area contributed by atoms with E-state index in [1.165, 1.54) is 38.0 Å². The fourth-order valence-electron chi connectivity index (χ4n) is 2.94. The van der Waals surface area contributed by atoms with Crippen LogP contribution < -0.4 is 5.32 Å². The van der Waals surface area contributed by atoms with Crippen molar-refractivity contribution in [1.82, 2.24) is 20.2 Å². The number of hydrogen-bond acceptors (Lipinski definition) is 3. The quantitative estimate of drug-likeness (QED) is 0.766. The molecule has 2 aliphatic heterocycles. The first-order valence-electron chi connectivity index (χ1n) is 5.88. The van der Waals surface area contributed by atoms with Gasteiger partial charge in [0, 0.05) is 37.1 Å². The Morgan fingerprint density at radius 2 is 2.47 bits per heavy atom. The molecule has 3 rings (SSSR count). The number of rotatable bonds is 3. The van der Waals surface area contributed by atoms with Crippen LogP contribution in [0.2, 0.25) is 0 Å². The van der Waals surface area contributed by atoms with Gasteiger partial charge in [0.1, 0.15) is 0 Å². The van der Waals surface area contributed by atoms with Crippen molar-refractivity contribution in [2.24, 2.45) is 0 Å². The van der Waals surface area contributed by atoms with E-state index in [-0.39, 0.29) is 0 Å². The summed E-state index contributed by atoms with van der Waals surface area (Å²) < 4.78 is 0. The van der Waals surface area contributed by atoms with Crippen LogP contribution in [-0.4, -0.2) is 40.0 Å². The van der Waals surface area contributed by atoms with Crippen LogP contribution >= 0.6 is 0 Å². The van der Waals surface area contributed by atoms with Crippen molar-refractivity contribution in [3.05, 3.63) is 18.2 Å². The van der Waals surface area contributed by atoms with Crippen LogP contribution in [-0.2, 0) is 6.54 Å². The molecular weight excluding hydrogens is 188 g/mol. The molecular formula is C11H18N4. The van der Waals surface area contributed by atoms with Gasteiger partial charge in [-0.3, -0.25) is 4.90 Å². The molecule has 0 aliphatic carbocycles. The largest absolute Gasteiger partial charge is 0.347 e. The molecule has 4 nitrogen and oxygen atoms in total. The maximum atomic E-state index is 4.03. The molecule has 2 atom stereocenters. The van der Waals surface area contributed by atoms with Crippen LogP contribution in [0.5, 0.6) is 0 Å². The van der Waals surface area contributed by atoms with Gasteiger partial charge in [0.05, 0.1) is 6.33 Å². The van der Waals surface area contributed by atoms with E-state index >= 15 is 0 Å². The van der Waals surface area contributed by atoms with Crippen molar-refractivity contribution < 1.29 is 0 Å². The summed E-state index contributed by atoms with van der Waals surface area (Å²) in [6.07, 6.45) is 7.70. The van der Waals surface area contributed by atoms with Gasteiger partial charge in [0.15, 0.2) is 0 Å². The molecule has 82 valence electrons. The fraction of sp³-hybridized carbons (Fsp3) is 0.727. The van der Waals surface area contributed by atoms with Crippen LogP contribution in [0, 0.1) is 0 Å². The van der Waals surface area contributed by atoms with Crippen molar-refractivity contribution in [3.63, 3.8) is 0 Å². The molecule has 0 saturated carbocycles. The predicted molar refractivity (Wildman–Crippen MR) is 58.4 cm³/mol. The van der Waals surface area contributed by atoms with Crippen LogP contribution in [0.15, 0.2) is 12.5 Å². The number of nitrogens with one attached hydrogen (secondary N) is 2. The molecule has 0 bridgehead atoms. The number of hydrogen-bond donors (Lipinski definition) is 2. The number of aromatic amines is 1. The Labute approximate surface area is 90.1 Å². The van der Waals surface area contributed by atoms with Crippen molar-refractivity contribution >= 4 is 0 Å². The molecule has 0 aromatic carbocycles. The Morgan fingerprint density at radius 3 is 3.33 bits per heavy atom. The van der Waals surface area contributed by atoms with E-state index in [1.54, 1.807) is 6.33 Å². The van der Waals surface area contributed by atoms with Gasteiger partial charge in [-0.15, -0.1) is 0 Å². The van der Waals surface area contributed by atoms with E-state index in [4.69, 9.17) is 0 Å². The fourth-order valence-corrected chi connectivity index (χ4v) is 2.94. The third-order valence-corrected chi connectivity index (χ3v) is 3.72. The van der Waals surface area contributed by atoms with E-state index in [2.05, 4.69) is 20.2 Å². The third-order valence-electron chi connectivity index (χ3n) is 3.72. The Hall–Kier alpha value is -0.870. The molecule has 2 aliphatic rings. The summed E-state index contributed by atoms with van der Waals surface area (Å²) in [5, 5.41) is 3.64. The lowest BCUT2D eigenvalue weighted by Crippen LogP contribution is -2.38. The van der Waals surface area contributed by atoms with Gasteiger partial charge in [0.25, 0.3) is 0 Å². The van der Waals surface area contributed by atoms with Gasteiger partial charge < -0.3 is 10.3 Å². The molecule has 3 heterocycles. The second-order valence-corrected chi connectivity index (χ2v) is 4.60. The molecule has 0 spiro atoms. The standard InChI is InChI=1S/C11H18N4/c1-2-11-10(3-5-15(11)4-1)13-7-9-6-12-8-14-9/h6,8,10-11,13H,1-5,7H2,(H,12,14). The van der Waals surface area contributed by atoms with Gasteiger partial charge >= 0.3 is 0 Å². The second-order valence-electron chi connectivity index (χ2n) is 4.60. The highest BCUT2D eigenvalue weighted by atomic mass is 15.2. The van der Waals surface area contributed by atoms with Crippen molar-refractivity contribution in [2.45, 2.75) is 37.9 Å². The summed E-state index contributed by atoms with van der Waals surface area (Å²) in [6, 6.07) is 1.49. The Kier molecular flexibility index (Phi) is 2.46. The minimum absolute atomic E-state index is 0.691. The summed E-state index contributed by atoms with van der Waals surface area (Å²) >= 11 is 0. The van der Waals surface area contributed by atoms with Crippen molar-refractivity contribution in [2.75, 3.05) is 13.1 Å². The van der Waals surface area contributed by atoms with Gasteiger partial charge in [-0.1, -0.05) is 0 Å². The number of fused-ring (bicyclic) bond motifs is 1. The van der Waals surface area contributed by atoms with Crippen LogP contribution in [0.3, 0.4) is 0 Å². The molecule has 0 amide bonds. The first-order chi connectivity index (χ1) is 7.43. The average molecular weight is 206 g/mol. The van der Waals surface area contributed by atoms with E-state index in [0.29, 0.717) is 6.04 Å². The van der Waals surface area contributed by atoms with Gasteiger partial charge in [-0.2, -0.15) is 0 Å². The monoisotopic (exact) mass is 206 g/mol. The van der Waals surface area contributed by atoms with E-state index in [0.717, 1.165) is 12.6 Å². The molecule has 4 heteroatoms. The predicted octanol–water partition coefficient (Wildman–Crippen LogP) is 0.736. The number of aromatic nitrogens is 2. The number of nitrogens with zero attached hydrogens (tertiary/aromatic N) is 2. The zero-order valence-corrected chi connectivity index (χ0v) is 8.95. The molecule has 2 fully saturated rings. The first-order valence-corrected chi connectivity index (χ1v) is 5.88. The topological polar surface area (TPSA) is 44.0 Å². The van der Waals surface area contributed by atoms with Crippen LogP contribution in [0.4, 0.5) is 0 Å². The average Bonchev–Trinajstić information content (AvgIpc) is 2.93. The van der Waals surface area contributed by atoms with Crippen molar-refractivity contribution in [1.29, 1.82) is 0 Å². The molecule has 2 unspecified atom stereocenters.